The molecule has 0 saturated carbocycles. The first-order chi connectivity index (χ1) is 17.1. The van der Waals surface area contributed by atoms with Crippen LogP contribution < -0.4 is 10.6 Å². The molecule has 3 aromatic rings. The molecule has 1 atom stereocenters. The lowest BCUT2D eigenvalue weighted by molar-refractivity contribution is 0.0600. The molecule has 36 heavy (non-hydrogen) atoms. The van der Waals surface area contributed by atoms with Crippen molar-refractivity contribution in [1.82, 2.24) is 0 Å². The second kappa shape index (κ2) is 10.2. The third kappa shape index (κ3) is 5.49. The Balaban J connectivity index is 1.65. The zero-order valence-corrected chi connectivity index (χ0v) is 21.6. The number of ether oxygens (including phenoxy) is 1. The van der Waals surface area contributed by atoms with Gasteiger partial charge in [-0.15, -0.1) is 11.3 Å². The molecule has 1 aromatic heterocycles. The minimum atomic E-state index is -0.459. The van der Waals surface area contributed by atoms with Crippen molar-refractivity contribution in [2.24, 2.45) is 11.3 Å². The fourth-order valence-corrected chi connectivity index (χ4v) is 5.75. The van der Waals surface area contributed by atoms with Crippen LogP contribution in [0.2, 0.25) is 0 Å². The Bertz CT molecular complexity index is 1290. The minimum Gasteiger partial charge on any atom is -0.465 e. The van der Waals surface area contributed by atoms with Crippen LogP contribution in [0, 0.1) is 17.2 Å². The molecular weight excluding hydrogens is 479 g/mol. The molecule has 1 heterocycles. The molecule has 1 unspecified atom stereocenters. The summed E-state index contributed by atoms with van der Waals surface area (Å²) in [7, 11) is 1.31. The van der Waals surface area contributed by atoms with Crippen LogP contribution >= 0.6 is 11.3 Å². The molecule has 0 fully saturated rings. The number of amides is 2. The molecule has 0 saturated heterocycles. The van der Waals surface area contributed by atoms with Crippen molar-refractivity contribution >= 4 is 39.8 Å². The Hall–Kier alpha value is -3.52. The number of hydrogen-bond donors (Lipinski definition) is 2. The molecule has 0 aliphatic heterocycles. The maximum Gasteiger partial charge on any atom is 0.337 e. The van der Waals surface area contributed by atoms with Crippen molar-refractivity contribution in [3.63, 3.8) is 0 Å². The average Bonchev–Trinajstić information content (AvgIpc) is 3.21. The van der Waals surface area contributed by atoms with Crippen LogP contribution in [0.4, 0.5) is 15.1 Å². The van der Waals surface area contributed by atoms with E-state index in [9.17, 15) is 18.8 Å². The highest BCUT2D eigenvalue weighted by Gasteiger charge is 2.34. The Labute approximate surface area is 213 Å². The first-order valence-electron chi connectivity index (χ1n) is 11.8. The van der Waals surface area contributed by atoms with Gasteiger partial charge in [0, 0.05) is 16.1 Å². The Kier molecular flexibility index (Phi) is 7.26. The Morgan fingerprint density at radius 2 is 1.58 bits per heavy atom. The average molecular weight is 509 g/mol. The number of anilines is 2. The predicted molar refractivity (Wildman–Crippen MR) is 139 cm³/mol. The van der Waals surface area contributed by atoms with Crippen molar-refractivity contribution in [3.8, 4) is 0 Å². The summed E-state index contributed by atoms with van der Waals surface area (Å²) in [4.78, 5) is 39.2. The number of halogens is 1. The third-order valence-corrected chi connectivity index (χ3v) is 7.78. The summed E-state index contributed by atoms with van der Waals surface area (Å²) in [6.07, 6.45) is 2.53. The summed E-state index contributed by atoms with van der Waals surface area (Å²) in [6.45, 7) is 6.66. The summed E-state index contributed by atoms with van der Waals surface area (Å²) in [6, 6.07) is 11.7. The first kappa shape index (κ1) is 25.6. The molecule has 2 aromatic carbocycles. The van der Waals surface area contributed by atoms with Crippen LogP contribution in [0.5, 0.6) is 0 Å². The van der Waals surface area contributed by atoms with E-state index in [0.717, 1.165) is 29.7 Å². The second-order valence-electron chi connectivity index (χ2n) is 10.00. The highest BCUT2D eigenvalue weighted by Crippen LogP contribution is 2.44. The van der Waals surface area contributed by atoms with E-state index in [4.69, 9.17) is 4.74 Å². The predicted octanol–water partition coefficient (Wildman–Crippen LogP) is 6.33. The van der Waals surface area contributed by atoms with Gasteiger partial charge in [-0.1, -0.05) is 20.8 Å². The van der Waals surface area contributed by atoms with Gasteiger partial charge in [-0.05, 0) is 84.7 Å². The van der Waals surface area contributed by atoms with Gasteiger partial charge in [0.1, 0.15) is 10.8 Å². The van der Waals surface area contributed by atoms with Gasteiger partial charge in [0.2, 0.25) is 0 Å². The van der Waals surface area contributed by atoms with E-state index in [1.54, 1.807) is 24.3 Å². The monoisotopic (exact) mass is 508 g/mol. The molecule has 0 bridgehead atoms. The summed E-state index contributed by atoms with van der Waals surface area (Å²) in [5, 5.41) is 6.27. The van der Waals surface area contributed by atoms with E-state index < -0.39 is 17.7 Å². The van der Waals surface area contributed by atoms with Gasteiger partial charge < -0.3 is 15.4 Å². The van der Waals surface area contributed by atoms with Gasteiger partial charge in [-0.25, -0.2) is 9.18 Å². The molecule has 188 valence electrons. The number of methoxy groups -OCH3 is 1. The van der Waals surface area contributed by atoms with Gasteiger partial charge in [0.25, 0.3) is 11.8 Å². The number of carbonyl (C=O) groups is 3. The normalized spacial score (nSPS) is 15.1. The molecule has 8 heteroatoms. The summed E-state index contributed by atoms with van der Waals surface area (Å²) in [5.74, 6) is -1.16. The fourth-order valence-electron chi connectivity index (χ4n) is 4.43. The third-order valence-electron chi connectivity index (χ3n) is 6.61. The lowest BCUT2D eigenvalue weighted by Gasteiger charge is -2.33. The van der Waals surface area contributed by atoms with Gasteiger partial charge in [-0.2, -0.15) is 0 Å². The van der Waals surface area contributed by atoms with Crippen LogP contribution in [-0.2, 0) is 17.6 Å². The largest absolute Gasteiger partial charge is 0.465 e. The van der Waals surface area contributed by atoms with Crippen LogP contribution in [-0.4, -0.2) is 24.9 Å². The Morgan fingerprint density at radius 3 is 2.19 bits per heavy atom. The van der Waals surface area contributed by atoms with Gasteiger partial charge in [-0.3, -0.25) is 9.59 Å². The first-order valence-corrected chi connectivity index (χ1v) is 12.6. The topological polar surface area (TPSA) is 84.5 Å². The molecule has 2 amide bonds. The SMILES string of the molecule is COC(=O)c1ccc(NC(=O)c2c(NC(=O)c3ccc(F)cc3)sc3c2CCC(C(C)(C)C)C3)cc1. The van der Waals surface area contributed by atoms with Gasteiger partial charge >= 0.3 is 5.97 Å². The van der Waals surface area contributed by atoms with Gasteiger partial charge in [0.05, 0.1) is 18.2 Å². The highest BCUT2D eigenvalue weighted by molar-refractivity contribution is 7.17. The molecule has 1 aliphatic rings. The van der Waals surface area contributed by atoms with Crippen LogP contribution in [0.25, 0.3) is 0 Å². The van der Waals surface area contributed by atoms with Crippen molar-refractivity contribution < 1.29 is 23.5 Å². The number of thiophene rings is 1. The number of esters is 1. The van der Waals surface area contributed by atoms with E-state index in [1.165, 1.54) is 42.7 Å². The number of benzene rings is 2. The lowest BCUT2D eigenvalue weighted by atomic mass is 9.72. The second-order valence-corrected chi connectivity index (χ2v) is 11.1. The standard InChI is InChI=1S/C28H29FN2O4S/c1-28(2,3)18-9-14-21-22(15-18)36-26(31-24(32)16-5-10-19(29)11-6-16)23(21)25(33)30-20-12-7-17(8-13-20)27(34)35-4/h5-8,10-13,18H,9,14-15H2,1-4H3,(H,30,33)(H,31,32). The number of carbonyl (C=O) groups excluding carboxylic acids is 3. The number of rotatable bonds is 5. The van der Waals surface area contributed by atoms with E-state index in [-0.39, 0.29) is 11.3 Å². The number of fused-ring (bicyclic) bond motifs is 1. The van der Waals surface area contributed by atoms with Crippen molar-refractivity contribution in [2.45, 2.75) is 40.0 Å². The smallest absolute Gasteiger partial charge is 0.337 e. The summed E-state index contributed by atoms with van der Waals surface area (Å²) < 4.78 is 18.0. The summed E-state index contributed by atoms with van der Waals surface area (Å²) in [5.41, 5.74) is 2.74. The molecule has 2 N–H and O–H groups in total. The van der Waals surface area contributed by atoms with E-state index >= 15 is 0 Å². The van der Waals surface area contributed by atoms with Crippen molar-refractivity contribution in [3.05, 3.63) is 81.5 Å². The molecule has 6 nitrogen and oxygen atoms in total. The van der Waals surface area contributed by atoms with Crippen LogP contribution in [0.1, 0.15) is 68.7 Å². The molecular formula is C28H29FN2O4S. The number of hydrogen-bond acceptors (Lipinski definition) is 5. The van der Waals surface area contributed by atoms with E-state index in [2.05, 4.69) is 31.4 Å². The fraction of sp³-hybridized carbons (Fsp3) is 0.321. The van der Waals surface area contributed by atoms with Gasteiger partial charge in [0.15, 0.2) is 0 Å². The maximum absolute atomic E-state index is 13.5. The van der Waals surface area contributed by atoms with Crippen LogP contribution in [0.3, 0.4) is 0 Å². The highest BCUT2D eigenvalue weighted by atomic mass is 32.1. The number of nitrogens with one attached hydrogen (secondary N) is 2. The lowest BCUT2D eigenvalue weighted by Crippen LogP contribution is -2.27. The van der Waals surface area contributed by atoms with E-state index in [1.807, 2.05) is 0 Å². The summed E-state index contributed by atoms with van der Waals surface area (Å²) >= 11 is 1.43. The quantitative estimate of drug-likeness (QED) is 0.395. The molecule has 0 radical (unpaired) electrons. The van der Waals surface area contributed by atoms with E-state index in [0.29, 0.717) is 33.3 Å². The van der Waals surface area contributed by atoms with Crippen molar-refractivity contribution in [2.75, 3.05) is 17.7 Å². The molecule has 0 spiro atoms. The zero-order chi connectivity index (χ0) is 26.0. The maximum atomic E-state index is 13.5. The zero-order valence-electron chi connectivity index (χ0n) is 20.7. The Morgan fingerprint density at radius 1 is 0.944 bits per heavy atom. The van der Waals surface area contributed by atoms with Crippen LogP contribution in [0.15, 0.2) is 48.5 Å². The van der Waals surface area contributed by atoms with Crippen molar-refractivity contribution in [1.29, 1.82) is 0 Å². The molecule has 4 rings (SSSR count). The minimum absolute atomic E-state index is 0.128. The molecule has 1 aliphatic carbocycles.